The molecule has 3 atom stereocenters. The summed E-state index contributed by atoms with van der Waals surface area (Å²) < 4.78 is 11.7. The second kappa shape index (κ2) is 7.73. The molecule has 1 N–H and O–H groups in total. The molecule has 0 saturated carbocycles. The molecule has 4 nitrogen and oxygen atoms in total. The van der Waals surface area contributed by atoms with Crippen molar-refractivity contribution >= 4 is 10.8 Å². The molecule has 2 aromatic carbocycles. The van der Waals surface area contributed by atoms with Gasteiger partial charge in [0.05, 0.1) is 12.7 Å². The van der Waals surface area contributed by atoms with Gasteiger partial charge in [-0.3, -0.25) is 4.90 Å². The van der Waals surface area contributed by atoms with E-state index in [-0.39, 0.29) is 12.0 Å². The van der Waals surface area contributed by atoms with Gasteiger partial charge in [0.15, 0.2) is 0 Å². The summed E-state index contributed by atoms with van der Waals surface area (Å²) in [5, 5.41) is 12.7. The van der Waals surface area contributed by atoms with E-state index in [2.05, 4.69) is 35.2 Å². The lowest BCUT2D eigenvalue weighted by molar-refractivity contribution is -0.0634. The topological polar surface area (TPSA) is 41.9 Å². The van der Waals surface area contributed by atoms with Crippen LogP contribution in [0.3, 0.4) is 0 Å². The van der Waals surface area contributed by atoms with Crippen LogP contribution in [0.4, 0.5) is 0 Å². The summed E-state index contributed by atoms with van der Waals surface area (Å²) >= 11 is 0. The molecule has 0 bridgehead atoms. The van der Waals surface area contributed by atoms with Gasteiger partial charge in [0, 0.05) is 30.5 Å². The molecule has 0 spiro atoms. The Hall–Kier alpha value is -1.62. The number of aliphatic hydroxyl groups excluding tert-OH is 1. The average Bonchev–Trinajstić information content (AvgIpc) is 3.11. The van der Waals surface area contributed by atoms with E-state index in [1.807, 2.05) is 12.1 Å². The van der Waals surface area contributed by atoms with Crippen molar-refractivity contribution in [3.8, 4) is 5.75 Å². The molecule has 134 valence electrons. The standard InChI is InChI=1S/C21H27NO3/c23-20-10-13-24-15-18(20)19-8-4-11-22(19)12-14-25-21-9-3-6-16-5-1-2-7-17(16)21/h1-3,5-7,9,18-20,23H,4,8,10-15H2. The molecular weight excluding hydrogens is 314 g/mol. The Morgan fingerprint density at radius 3 is 2.92 bits per heavy atom. The Morgan fingerprint density at radius 1 is 1.12 bits per heavy atom. The first-order chi connectivity index (χ1) is 12.3. The largest absolute Gasteiger partial charge is 0.492 e. The smallest absolute Gasteiger partial charge is 0.127 e. The van der Waals surface area contributed by atoms with Gasteiger partial charge in [-0.2, -0.15) is 0 Å². The quantitative estimate of drug-likeness (QED) is 0.907. The minimum atomic E-state index is -0.224. The van der Waals surface area contributed by atoms with Crippen molar-refractivity contribution in [2.45, 2.75) is 31.4 Å². The Labute approximate surface area is 149 Å². The maximum absolute atomic E-state index is 10.3. The molecule has 0 radical (unpaired) electrons. The van der Waals surface area contributed by atoms with E-state index in [1.54, 1.807) is 0 Å². The van der Waals surface area contributed by atoms with Crippen molar-refractivity contribution in [1.29, 1.82) is 0 Å². The van der Waals surface area contributed by atoms with Crippen molar-refractivity contribution in [3.63, 3.8) is 0 Å². The highest BCUT2D eigenvalue weighted by atomic mass is 16.5. The zero-order valence-corrected chi connectivity index (χ0v) is 14.6. The van der Waals surface area contributed by atoms with Gasteiger partial charge in [0.2, 0.25) is 0 Å². The molecule has 2 saturated heterocycles. The predicted molar refractivity (Wildman–Crippen MR) is 99.0 cm³/mol. The molecule has 2 aliphatic rings. The summed E-state index contributed by atoms with van der Waals surface area (Å²) in [5.74, 6) is 1.20. The number of nitrogens with zero attached hydrogens (tertiary/aromatic N) is 1. The summed E-state index contributed by atoms with van der Waals surface area (Å²) in [6.45, 7) is 4.04. The third-order valence-corrected chi connectivity index (χ3v) is 5.66. The van der Waals surface area contributed by atoms with Gasteiger partial charge >= 0.3 is 0 Å². The molecule has 3 unspecified atom stereocenters. The number of hydrogen-bond donors (Lipinski definition) is 1. The number of benzene rings is 2. The minimum absolute atomic E-state index is 0.224. The van der Waals surface area contributed by atoms with Gasteiger partial charge in [-0.05, 0) is 37.3 Å². The minimum Gasteiger partial charge on any atom is -0.492 e. The van der Waals surface area contributed by atoms with Crippen molar-refractivity contribution < 1.29 is 14.6 Å². The third kappa shape index (κ3) is 3.66. The molecule has 0 amide bonds. The summed E-state index contributed by atoms with van der Waals surface area (Å²) in [7, 11) is 0. The van der Waals surface area contributed by atoms with E-state index in [9.17, 15) is 5.11 Å². The van der Waals surface area contributed by atoms with E-state index in [4.69, 9.17) is 9.47 Å². The van der Waals surface area contributed by atoms with Crippen LogP contribution in [-0.4, -0.2) is 55.1 Å². The molecule has 25 heavy (non-hydrogen) atoms. The maximum atomic E-state index is 10.3. The molecule has 0 aliphatic carbocycles. The van der Waals surface area contributed by atoms with Gasteiger partial charge < -0.3 is 14.6 Å². The van der Waals surface area contributed by atoms with Crippen LogP contribution in [0.1, 0.15) is 19.3 Å². The first kappa shape index (κ1) is 16.8. The zero-order valence-electron chi connectivity index (χ0n) is 14.6. The van der Waals surface area contributed by atoms with Gasteiger partial charge in [0.1, 0.15) is 12.4 Å². The SMILES string of the molecule is OC1CCOCC1C1CCCN1CCOc1cccc2ccccc12. The van der Waals surface area contributed by atoms with Gasteiger partial charge in [0.25, 0.3) is 0 Å². The van der Waals surface area contributed by atoms with Crippen molar-refractivity contribution in [2.75, 3.05) is 32.9 Å². The summed E-state index contributed by atoms with van der Waals surface area (Å²) in [6, 6.07) is 15.0. The van der Waals surface area contributed by atoms with Crippen LogP contribution in [0.2, 0.25) is 0 Å². The second-order valence-corrected chi connectivity index (χ2v) is 7.17. The van der Waals surface area contributed by atoms with Crippen LogP contribution in [-0.2, 0) is 4.74 Å². The fraction of sp³-hybridized carbons (Fsp3) is 0.524. The van der Waals surface area contributed by atoms with Crippen LogP contribution in [0, 0.1) is 5.92 Å². The van der Waals surface area contributed by atoms with Crippen molar-refractivity contribution in [1.82, 2.24) is 4.90 Å². The summed E-state index contributed by atoms with van der Waals surface area (Å²) in [6.07, 6.45) is 2.89. The van der Waals surface area contributed by atoms with E-state index in [1.165, 1.54) is 17.2 Å². The fourth-order valence-electron chi connectivity index (χ4n) is 4.32. The highest BCUT2D eigenvalue weighted by Crippen LogP contribution is 2.30. The predicted octanol–water partition coefficient (Wildman–Crippen LogP) is 3.08. The van der Waals surface area contributed by atoms with Crippen molar-refractivity contribution in [2.24, 2.45) is 5.92 Å². The van der Waals surface area contributed by atoms with E-state index in [0.717, 1.165) is 31.7 Å². The van der Waals surface area contributed by atoms with Crippen molar-refractivity contribution in [3.05, 3.63) is 42.5 Å². The molecule has 2 aromatic rings. The van der Waals surface area contributed by atoms with Crippen LogP contribution in [0.25, 0.3) is 10.8 Å². The lowest BCUT2D eigenvalue weighted by atomic mass is 9.89. The van der Waals surface area contributed by atoms with Crippen LogP contribution < -0.4 is 4.74 Å². The van der Waals surface area contributed by atoms with Gasteiger partial charge in [-0.25, -0.2) is 0 Å². The maximum Gasteiger partial charge on any atom is 0.127 e. The molecule has 2 aliphatic heterocycles. The van der Waals surface area contributed by atoms with E-state index in [0.29, 0.717) is 25.9 Å². The number of rotatable bonds is 5. The highest BCUT2D eigenvalue weighted by Gasteiger charge is 2.37. The molecule has 0 aromatic heterocycles. The molecule has 4 rings (SSSR count). The van der Waals surface area contributed by atoms with E-state index >= 15 is 0 Å². The van der Waals surface area contributed by atoms with Crippen LogP contribution in [0.15, 0.2) is 42.5 Å². The molecule has 4 heteroatoms. The number of hydrogen-bond acceptors (Lipinski definition) is 4. The third-order valence-electron chi connectivity index (χ3n) is 5.66. The number of likely N-dealkylation sites (tertiary alicyclic amines) is 1. The molecular formula is C21H27NO3. The first-order valence-corrected chi connectivity index (χ1v) is 9.43. The lowest BCUT2D eigenvalue weighted by Crippen LogP contribution is -2.47. The lowest BCUT2D eigenvalue weighted by Gasteiger charge is -2.37. The summed E-state index contributed by atoms with van der Waals surface area (Å²) in [5.41, 5.74) is 0. The number of fused-ring (bicyclic) bond motifs is 1. The van der Waals surface area contributed by atoms with Gasteiger partial charge in [-0.15, -0.1) is 0 Å². The molecule has 2 fully saturated rings. The Balaban J connectivity index is 1.37. The summed E-state index contributed by atoms with van der Waals surface area (Å²) in [4.78, 5) is 2.48. The van der Waals surface area contributed by atoms with Crippen LogP contribution >= 0.6 is 0 Å². The second-order valence-electron chi connectivity index (χ2n) is 7.17. The Bertz CT molecular complexity index is 699. The normalized spacial score (nSPS) is 27.6. The monoisotopic (exact) mass is 341 g/mol. The number of ether oxygens (including phenoxy) is 2. The fourth-order valence-corrected chi connectivity index (χ4v) is 4.32. The average molecular weight is 341 g/mol. The van der Waals surface area contributed by atoms with Gasteiger partial charge in [-0.1, -0.05) is 36.4 Å². The Kier molecular flexibility index (Phi) is 5.20. The highest BCUT2D eigenvalue weighted by molar-refractivity contribution is 5.88. The Morgan fingerprint density at radius 2 is 2.00 bits per heavy atom. The van der Waals surface area contributed by atoms with Crippen LogP contribution in [0.5, 0.6) is 5.75 Å². The zero-order chi connectivity index (χ0) is 17.1. The number of aliphatic hydroxyl groups is 1. The van der Waals surface area contributed by atoms with E-state index < -0.39 is 0 Å². The first-order valence-electron chi connectivity index (χ1n) is 9.43. The molecule has 2 heterocycles.